The molecule has 0 saturated carbocycles. The van der Waals surface area contributed by atoms with Crippen LogP contribution in [0.4, 0.5) is 4.79 Å². The summed E-state index contributed by atoms with van der Waals surface area (Å²) in [6, 6.07) is 2.22. The summed E-state index contributed by atoms with van der Waals surface area (Å²) in [6.07, 6.45) is 2.08. The van der Waals surface area contributed by atoms with Crippen molar-refractivity contribution in [3.05, 3.63) is 23.7 Å². The molecule has 0 radical (unpaired) electrons. The molecule has 1 atom stereocenters. The van der Waals surface area contributed by atoms with E-state index in [1.807, 2.05) is 13.8 Å². The van der Waals surface area contributed by atoms with Crippen LogP contribution in [0.1, 0.15) is 37.7 Å². The Kier molecular flexibility index (Phi) is 5.92. The van der Waals surface area contributed by atoms with Crippen molar-refractivity contribution in [3.63, 3.8) is 0 Å². The number of urea groups is 1. The molecule has 6 nitrogen and oxygen atoms in total. The first-order valence-corrected chi connectivity index (χ1v) is 6.35. The third kappa shape index (κ3) is 5.46. The normalized spacial score (nSPS) is 11.9. The third-order valence-corrected chi connectivity index (χ3v) is 2.67. The zero-order valence-electron chi connectivity index (χ0n) is 11.2. The molecule has 0 aliphatic rings. The highest BCUT2D eigenvalue weighted by Gasteiger charge is 2.18. The number of hydrogen-bond donors (Lipinski definition) is 3. The second-order valence-corrected chi connectivity index (χ2v) is 4.37. The van der Waals surface area contributed by atoms with Gasteiger partial charge >= 0.3 is 12.0 Å². The van der Waals surface area contributed by atoms with Crippen LogP contribution in [0.2, 0.25) is 0 Å². The van der Waals surface area contributed by atoms with E-state index in [0.29, 0.717) is 12.2 Å². The van der Waals surface area contributed by atoms with E-state index in [1.165, 1.54) is 0 Å². The van der Waals surface area contributed by atoms with Crippen molar-refractivity contribution < 1.29 is 19.1 Å². The number of carboxylic acids is 1. The van der Waals surface area contributed by atoms with E-state index >= 15 is 0 Å². The van der Waals surface area contributed by atoms with Crippen LogP contribution in [0.5, 0.6) is 0 Å². The molecule has 2 amide bonds. The Morgan fingerprint density at radius 2 is 2.16 bits per heavy atom. The summed E-state index contributed by atoms with van der Waals surface area (Å²) in [5, 5.41) is 14.0. The highest BCUT2D eigenvalue weighted by Crippen LogP contribution is 2.05. The molecular formula is C13H20N2O4. The Hall–Kier alpha value is -1.98. The molecule has 1 unspecified atom stereocenters. The largest absolute Gasteiger partial charge is 0.480 e. The second-order valence-electron chi connectivity index (χ2n) is 4.37. The Bertz CT molecular complexity index is 428. The van der Waals surface area contributed by atoms with Gasteiger partial charge in [0.1, 0.15) is 17.6 Å². The smallest absolute Gasteiger partial charge is 0.326 e. The summed E-state index contributed by atoms with van der Waals surface area (Å²) in [5.41, 5.74) is 0. The Morgan fingerprint density at radius 3 is 2.68 bits per heavy atom. The van der Waals surface area contributed by atoms with Gasteiger partial charge in [-0.1, -0.05) is 19.8 Å². The topological polar surface area (TPSA) is 91.6 Å². The predicted molar refractivity (Wildman–Crippen MR) is 69.8 cm³/mol. The van der Waals surface area contributed by atoms with Crippen LogP contribution in [0, 0.1) is 6.92 Å². The van der Waals surface area contributed by atoms with E-state index < -0.39 is 18.0 Å². The number of aliphatic carboxylic acids is 1. The number of carbonyl (C=O) groups is 2. The summed E-state index contributed by atoms with van der Waals surface area (Å²) < 4.78 is 5.29. The maximum Gasteiger partial charge on any atom is 0.326 e. The van der Waals surface area contributed by atoms with Gasteiger partial charge in [0, 0.05) is 0 Å². The fraction of sp³-hybridized carbons (Fsp3) is 0.538. The van der Waals surface area contributed by atoms with E-state index in [-0.39, 0.29) is 6.54 Å². The molecule has 1 aromatic rings. The van der Waals surface area contributed by atoms with Crippen LogP contribution in [-0.2, 0) is 11.3 Å². The van der Waals surface area contributed by atoms with Crippen molar-refractivity contribution in [1.82, 2.24) is 10.6 Å². The lowest BCUT2D eigenvalue weighted by Gasteiger charge is -2.14. The molecular weight excluding hydrogens is 248 g/mol. The van der Waals surface area contributed by atoms with Gasteiger partial charge in [0.25, 0.3) is 0 Å². The van der Waals surface area contributed by atoms with Crippen LogP contribution in [-0.4, -0.2) is 23.1 Å². The summed E-state index contributed by atoms with van der Waals surface area (Å²) in [4.78, 5) is 22.5. The second kappa shape index (κ2) is 7.45. The van der Waals surface area contributed by atoms with Crippen LogP contribution in [0.15, 0.2) is 16.5 Å². The van der Waals surface area contributed by atoms with Gasteiger partial charge in [-0.15, -0.1) is 0 Å². The molecule has 3 N–H and O–H groups in total. The Morgan fingerprint density at radius 1 is 1.42 bits per heavy atom. The van der Waals surface area contributed by atoms with Gasteiger partial charge in [-0.2, -0.15) is 0 Å². The SMILES string of the molecule is CCCCC(NC(=O)NCc1ccc(C)o1)C(=O)O. The minimum Gasteiger partial charge on any atom is -0.480 e. The molecule has 1 rings (SSSR count). The van der Waals surface area contributed by atoms with E-state index in [1.54, 1.807) is 12.1 Å². The average molecular weight is 268 g/mol. The van der Waals surface area contributed by atoms with Gasteiger partial charge < -0.3 is 20.2 Å². The lowest BCUT2D eigenvalue weighted by atomic mass is 10.1. The Labute approximate surface area is 112 Å². The highest BCUT2D eigenvalue weighted by atomic mass is 16.4. The summed E-state index contributed by atoms with van der Waals surface area (Å²) >= 11 is 0. The number of furan rings is 1. The molecule has 0 aliphatic carbocycles. The molecule has 0 spiro atoms. The molecule has 6 heteroatoms. The lowest BCUT2D eigenvalue weighted by Crippen LogP contribution is -2.45. The maximum absolute atomic E-state index is 11.6. The third-order valence-electron chi connectivity index (χ3n) is 2.67. The van der Waals surface area contributed by atoms with Crippen LogP contribution in [0.25, 0.3) is 0 Å². The van der Waals surface area contributed by atoms with Crippen LogP contribution < -0.4 is 10.6 Å². The number of unbranched alkanes of at least 4 members (excludes halogenated alkanes) is 1. The van der Waals surface area contributed by atoms with Crippen LogP contribution in [0.3, 0.4) is 0 Å². The molecule has 1 aromatic heterocycles. The van der Waals surface area contributed by atoms with Gasteiger partial charge in [-0.05, 0) is 25.5 Å². The number of carbonyl (C=O) groups excluding carboxylic acids is 1. The molecule has 0 fully saturated rings. The number of amides is 2. The number of hydrogen-bond acceptors (Lipinski definition) is 3. The first-order valence-electron chi connectivity index (χ1n) is 6.35. The highest BCUT2D eigenvalue weighted by molar-refractivity contribution is 5.82. The number of aryl methyl sites for hydroxylation is 1. The quantitative estimate of drug-likeness (QED) is 0.705. The molecule has 106 valence electrons. The molecule has 0 aromatic carbocycles. The standard InChI is InChI=1S/C13H20N2O4/c1-3-4-5-11(12(16)17)15-13(18)14-8-10-7-6-9(2)19-10/h6-7,11H,3-5,8H2,1-2H3,(H,16,17)(H2,14,15,18). The van der Waals surface area contributed by atoms with Gasteiger partial charge in [-0.3, -0.25) is 0 Å². The molecule has 0 saturated heterocycles. The number of carboxylic acid groups (broad SMARTS) is 1. The van der Waals surface area contributed by atoms with Crippen molar-refractivity contribution in [2.45, 2.75) is 45.7 Å². The zero-order valence-corrected chi connectivity index (χ0v) is 11.2. The maximum atomic E-state index is 11.6. The van der Waals surface area contributed by atoms with Crippen molar-refractivity contribution >= 4 is 12.0 Å². The monoisotopic (exact) mass is 268 g/mol. The van der Waals surface area contributed by atoms with Gasteiger partial charge in [0.15, 0.2) is 0 Å². The fourth-order valence-corrected chi connectivity index (χ4v) is 1.62. The van der Waals surface area contributed by atoms with Crippen molar-refractivity contribution in [2.24, 2.45) is 0 Å². The van der Waals surface area contributed by atoms with Crippen molar-refractivity contribution in [2.75, 3.05) is 0 Å². The summed E-state index contributed by atoms with van der Waals surface area (Å²) in [7, 11) is 0. The van der Waals surface area contributed by atoms with E-state index in [9.17, 15) is 9.59 Å². The zero-order chi connectivity index (χ0) is 14.3. The number of rotatable bonds is 7. The van der Waals surface area contributed by atoms with E-state index in [4.69, 9.17) is 9.52 Å². The summed E-state index contributed by atoms with van der Waals surface area (Å²) in [5.74, 6) is 0.383. The number of nitrogens with one attached hydrogen (secondary N) is 2. The van der Waals surface area contributed by atoms with Crippen molar-refractivity contribution in [1.29, 1.82) is 0 Å². The molecule has 19 heavy (non-hydrogen) atoms. The first-order chi connectivity index (χ1) is 9.02. The van der Waals surface area contributed by atoms with E-state index in [0.717, 1.165) is 18.6 Å². The van der Waals surface area contributed by atoms with Gasteiger partial charge in [0.2, 0.25) is 0 Å². The fourth-order valence-electron chi connectivity index (χ4n) is 1.62. The van der Waals surface area contributed by atoms with Crippen LogP contribution >= 0.6 is 0 Å². The Balaban J connectivity index is 2.37. The van der Waals surface area contributed by atoms with Gasteiger partial charge in [0.05, 0.1) is 6.54 Å². The lowest BCUT2D eigenvalue weighted by molar-refractivity contribution is -0.139. The van der Waals surface area contributed by atoms with Gasteiger partial charge in [-0.25, -0.2) is 9.59 Å². The first kappa shape index (κ1) is 15.1. The molecule has 0 aliphatic heterocycles. The van der Waals surface area contributed by atoms with E-state index in [2.05, 4.69) is 10.6 Å². The minimum atomic E-state index is -1.02. The minimum absolute atomic E-state index is 0.236. The summed E-state index contributed by atoms with van der Waals surface area (Å²) in [6.45, 7) is 4.02. The predicted octanol–water partition coefficient (Wildman–Crippen LogP) is 2.03. The average Bonchev–Trinajstić information content (AvgIpc) is 2.77. The van der Waals surface area contributed by atoms with Crippen molar-refractivity contribution in [3.8, 4) is 0 Å². The molecule has 0 bridgehead atoms. The molecule has 1 heterocycles.